The van der Waals surface area contributed by atoms with Gasteiger partial charge in [0.05, 0.1) is 23.7 Å². The number of fused-ring (bicyclic) bond motifs is 3. The molecule has 4 aliphatic rings. The van der Waals surface area contributed by atoms with Crippen molar-refractivity contribution in [2.45, 2.75) is 63.3 Å². The number of nitriles is 1. The fourth-order valence-electron chi connectivity index (χ4n) is 6.06. The van der Waals surface area contributed by atoms with Gasteiger partial charge in [0.2, 0.25) is 11.8 Å². The largest absolute Gasteiger partial charge is 0.478 e. The molecule has 2 amide bonds. The zero-order valence-electron chi connectivity index (χ0n) is 18.3. The maximum Gasteiger partial charge on any atom is 0.335 e. The summed E-state index contributed by atoms with van der Waals surface area (Å²) in [6.45, 7) is 5.08. The number of nitrogens with zero attached hydrogens (tertiary/aromatic N) is 4. The highest BCUT2D eigenvalue weighted by Gasteiger charge is 2.55. The summed E-state index contributed by atoms with van der Waals surface area (Å²) in [6, 6.07) is 8.60. The normalized spacial score (nSPS) is 32.5. The maximum absolute atomic E-state index is 13.2. The van der Waals surface area contributed by atoms with Crippen molar-refractivity contribution in [3.05, 3.63) is 35.4 Å². The molecular weight excluding hydrogens is 408 g/mol. The van der Waals surface area contributed by atoms with Crippen molar-refractivity contribution >= 4 is 17.8 Å². The first-order valence-electron chi connectivity index (χ1n) is 11.4. The summed E-state index contributed by atoms with van der Waals surface area (Å²) < 4.78 is 0. The van der Waals surface area contributed by atoms with Crippen molar-refractivity contribution in [2.75, 3.05) is 13.1 Å². The van der Waals surface area contributed by atoms with Crippen LogP contribution in [0.1, 0.15) is 55.1 Å². The molecule has 168 valence electrons. The number of carboxylic acids is 1. The Balaban J connectivity index is 1.24. The summed E-state index contributed by atoms with van der Waals surface area (Å²) in [4.78, 5) is 43.4. The van der Waals surface area contributed by atoms with E-state index in [1.807, 2.05) is 24.8 Å². The number of carbonyl (C=O) groups is 3. The van der Waals surface area contributed by atoms with E-state index in [-0.39, 0.29) is 53.5 Å². The van der Waals surface area contributed by atoms with Gasteiger partial charge in [-0.3, -0.25) is 14.5 Å². The molecule has 3 aliphatic heterocycles. The Morgan fingerprint density at radius 2 is 2.03 bits per heavy atom. The maximum atomic E-state index is 13.2. The van der Waals surface area contributed by atoms with Gasteiger partial charge in [-0.25, -0.2) is 4.79 Å². The predicted octanol–water partition coefficient (Wildman–Crippen LogP) is 1.88. The van der Waals surface area contributed by atoms with E-state index in [9.17, 15) is 24.8 Å². The number of likely N-dealkylation sites (tertiary alicyclic amines) is 3. The molecule has 1 saturated carbocycles. The van der Waals surface area contributed by atoms with Gasteiger partial charge in [0.15, 0.2) is 0 Å². The second-order valence-corrected chi connectivity index (χ2v) is 9.80. The monoisotopic (exact) mass is 436 g/mol. The number of piperazine rings is 1. The number of benzene rings is 1. The summed E-state index contributed by atoms with van der Waals surface area (Å²) in [7, 11) is 0. The van der Waals surface area contributed by atoms with Gasteiger partial charge < -0.3 is 14.9 Å². The standard InChI is InChI=1S/C24H28N4O4/c1-13(22(29)28-18(10-25)7-17-8-20(17)28)11-26-12-19-9-21(26)23(30)27(19)14(2)15-4-3-5-16(6-15)24(31)32/h3-6,13-14,17-21H,7-9,11-12H2,1-2H3,(H,31,32)/t13-,14-,17+,18-,19+,20?,21+/m0/s1. The van der Waals surface area contributed by atoms with Crippen LogP contribution in [-0.4, -0.2) is 74.8 Å². The minimum absolute atomic E-state index is 0.0347. The summed E-state index contributed by atoms with van der Waals surface area (Å²) in [5, 5.41) is 18.7. The lowest BCUT2D eigenvalue weighted by Crippen LogP contribution is -2.53. The third kappa shape index (κ3) is 3.27. The Labute approximate surface area is 187 Å². The van der Waals surface area contributed by atoms with E-state index < -0.39 is 5.97 Å². The summed E-state index contributed by atoms with van der Waals surface area (Å²) in [6.07, 6.45) is 2.54. The number of hydrogen-bond acceptors (Lipinski definition) is 5. The van der Waals surface area contributed by atoms with Crippen LogP contribution in [0.15, 0.2) is 24.3 Å². The van der Waals surface area contributed by atoms with Crippen LogP contribution in [0.3, 0.4) is 0 Å². The summed E-state index contributed by atoms with van der Waals surface area (Å²) in [5.41, 5.74) is 1.03. The van der Waals surface area contributed by atoms with Crippen molar-refractivity contribution in [1.29, 1.82) is 5.26 Å². The fourth-order valence-corrected chi connectivity index (χ4v) is 6.06. The third-order valence-electron chi connectivity index (χ3n) is 7.79. The lowest BCUT2D eigenvalue weighted by molar-refractivity contribution is -0.142. The van der Waals surface area contributed by atoms with Crippen molar-refractivity contribution < 1.29 is 19.5 Å². The Bertz CT molecular complexity index is 1020. The molecule has 1 aliphatic carbocycles. The van der Waals surface area contributed by atoms with Crippen LogP contribution in [0.2, 0.25) is 0 Å². The van der Waals surface area contributed by atoms with E-state index in [0.717, 1.165) is 24.8 Å². The molecule has 0 radical (unpaired) electrons. The van der Waals surface area contributed by atoms with Crippen molar-refractivity contribution in [2.24, 2.45) is 11.8 Å². The van der Waals surface area contributed by atoms with Gasteiger partial charge in [0, 0.05) is 31.1 Å². The van der Waals surface area contributed by atoms with Crippen LogP contribution in [-0.2, 0) is 9.59 Å². The molecule has 5 rings (SSSR count). The van der Waals surface area contributed by atoms with Gasteiger partial charge in [0.25, 0.3) is 0 Å². The van der Waals surface area contributed by atoms with Crippen LogP contribution in [0.4, 0.5) is 0 Å². The molecule has 8 nitrogen and oxygen atoms in total. The molecule has 0 aromatic heterocycles. The van der Waals surface area contributed by atoms with Gasteiger partial charge in [0.1, 0.15) is 6.04 Å². The predicted molar refractivity (Wildman–Crippen MR) is 114 cm³/mol. The van der Waals surface area contributed by atoms with Crippen LogP contribution >= 0.6 is 0 Å². The van der Waals surface area contributed by atoms with E-state index in [2.05, 4.69) is 11.0 Å². The number of carboxylic acid groups (broad SMARTS) is 1. The van der Waals surface area contributed by atoms with E-state index in [0.29, 0.717) is 19.0 Å². The Morgan fingerprint density at radius 3 is 2.72 bits per heavy atom. The molecule has 2 bridgehead atoms. The number of carbonyl (C=O) groups excluding carboxylic acids is 2. The molecule has 1 aromatic carbocycles. The molecule has 32 heavy (non-hydrogen) atoms. The van der Waals surface area contributed by atoms with Crippen molar-refractivity contribution in [1.82, 2.24) is 14.7 Å². The van der Waals surface area contributed by atoms with Gasteiger partial charge in [-0.2, -0.15) is 5.26 Å². The van der Waals surface area contributed by atoms with Crippen LogP contribution in [0.25, 0.3) is 0 Å². The van der Waals surface area contributed by atoms with Crippen LogP contribution in [0, 0.1) is 23.2 Å². The second-order valence-electron chi connectivity index (χ2n) is 9.80. The molecule has 7 atom stereocenters. The molecular formula is C24H28N4O4. The van der Waals surface area contributed by atoms with Crippen molar-refractivity contribution in [3.8, 4) is 6.07 Å². The highest BCUT2D eigenvalue weighted by atomic mass is 16.4. The minimum atomic E-state index is -0.979. The smallest absolute Gasteiger partial charge is 0.335 e. The van der Waals surface area contributed by atoms with Crippen molar-refractivity contribution in [3.63, 3.8) is 0 Å². The molecule has 1 unspecified atom stereocenters. The first-order chi connectivity index (χ1) is 15.3. The van der Waals surface area contributed by atoms with Gasteiger partial charge in [-0.15, -0.1) is 0 Å². The number of rotatable bonds is 6. The molecule has 1 aromatic rings. The SMILES string of the molecule is C[C@@H](CN1C[C@H]2C[C@@H]1C(=O)N2[C@@H](C)c1cccc(C(=O)O)c1)C(=O)N1C2C[C@H]2C[C@H]1C#N. The zero-order valence-corrected chi connectivity index (χ0v) is 18.3. The number of aromatic carboxylic acids is 1. The van der Waals surface area contributed by atoms with Crippen LogP contribution in [0.5, 0.6) is 0 Å². The van der Waals surface area contributed by atoms with E-state index in [1.54, 1.807) is 23.1 Å². The molecule has 3 heterocycles. The quantitative estimate of drug-likeness (QED) is 0.730. The third-order valence-corrected chi connectivity index (χ3v) is 7.79. The molecule has 1 N–H and O–H groups in total. The first-order valence-corrected chi connectivity index (χ1v) is 11.4. The molecule has 3 saturated heterocycles. The number of hydrogen-bond donors (Lipinski definition) is 1. The van der Waals surface area contributed by atoms with E-state index in [4.69, 9.17) is 0 Å². The molecule has 8 heteroatoms. The summed E-state index contributed by atoms with van der Waals surface area (Å²) >= 11 is 0. The van der Waals surface area contributed by atoms with Gasteiger partial charge in [-0.05, 0) is 49.8 Å². The first kappa shape index (κ1) is 21.0. The van der Waals surface area contributed by atoms with E-state index >= 15 is 0 Å². The fraction of sp³-hybridized carbons (Fsp3) is 0.583. The summed E-state index contributed by atoms with van der Waals surface area (Å²) in [5.74, 6) is -0.655. The highest BCUT2D eigenvalue weighted by molar-refractivity contribution is 5.88. The van der Waals surface area contributed by atoms with E-state index in [1.165, 1.54) is 0 Å². The van der Waals surface area contributed by atoms with Gasteiger partial charge in [-0.1, -0.05) is 19.1 Å². The molecule has 0 spiro atoms. The number of amides is 2. The Hall–Kier alpha value is -2.92. The number of piperidine rings is 1. The zero-order chi connectivity index (χ0) is 22.7. The Kier molecular flexibility index (Phi) is 4.97. The lowest BCUT2D eigenvalue weighted by atomic mass is 10.0. The minimum Gasteiger partial charge on any atom is -0.478 e. The second kappa shape index (κ2) is 7.59. The topological polar surface area (TPSA) is 105 Å². The average Bonchev–Trinajstić information content (AvgIpc) is 3.11. The highest BCUT2D eigenvalue weighted by Crippen LogP contribution is 2.48. The molecule has 4 fully saturated rings. The lowest BCUT2D eigenvalue weighted by Gasteiger charge is -2.38. The average molecular weight is 437 g/mol. The van der Waals surface area contributed by atoms with Crippen LogP contribution < -0.4 is 0 Å². The Morgan fingerprint density at radius 1 is 1.25 bits per heavy atom. The van der Waals surface area contributed by atoms with Gasteiger partial charge >= 0.3 is 5.97 Å².